The maximum absolute atomic E-state index is 11.9. The lowest BCUT2D eigenvalue weighted by Crippen LogP contribution is -2.09. The Hall–Kier alpha value is -1.61. The van der Waals surface area contributed by atoms with Gasteiger partial charge < -0.3 is 4.74 Å². The summed E-state index contributed by atoms with van der Waals surface area (Å²) >= 11 is 3.39. The van der Waals surface area contributed by atoms with E-state index < -0.39 is 0 Å². The van der Waals surface area contributed by atoms with Gasteiger partial charge in [0.15, 0.2) is 0 Å². The molecule has 0 atom stereocenters. The van der Waals surface area contributed by atoms with E-state index in [0.717, 1.165) is 10.0 Å². The number of halogens is 1. The zero-order chi connectivity index (χ0) is 12.3. The molecule has 0 aliphatic carbocycles. The van der Waals surface area contributed by atoms with Crippen molar-refractivity contribution in [1.29, 1.82) is 0 Å². The second kappa shape index (κ2) is 5.15. The molecule has 86 valence electrons. The molecule has 2 nitrogen and oxygen atoms in total. The normalized spacial score (nSPS) is 10.0. The largest absolute Gasteiger partial charge is 0.423 e. The van der Waals surface area contributed by atoms with Crippen molar-refractivity contribution in [3.63, 3.8) is 0 Å². The number of carbonyl (C=O) groups excluding carboxylic acids is 1. The summed E-state index contributed by atoms with van der Waals surface area (Å²) in [7, 11) is 0. The summed E-state index contributed by atoms with van der Waals surface area (Å²) in [6.07, 6.45) is 0. The van der Waals surface area contributed by atoms with Crippen LogP contribution in [0.2, 0.25) is 0 Å². The van der Waals surface area contributed by atoms with E-state index in [2.05, 4.69) is 15.9 Å². The standard InChI is InChI=1S/C14H11BrO2/c1-10-6-5-9-12(13(10)15)14(16)17-11-7-3-2-4-8-11/h2-9H,1H3. The van der Waals surface area contributed by atoms with E-state index in [-0.39, 0.29) is 5.97 Å². The Morgan fingerprint density at radius 3 is 2.47 bits per heavy atom. The molecule has 2 aromatic carbocycles. The molecular weight excluding hydrogens is 280 g/mol. The molecule has 0 saturated carbocycles. The molecule has 0 radical (unpaired) electrons. The second-order valence-corrected chi connectivity index (χ2v) is 4.43. The van der Waals surface area contributed by atoms with Gasteiger partial charge in [-0.3, -0.25) is 0 Å². The lowest BCUT2D eigenvalue weighted by molar-refractivity contribution is 0.0733. The highest BCUT2D eigenvalue weighted by molar-refractivity contribution is 9.10. The van der Waals surface area contributed by atoms with E-state index in [1.807, 2.05) is 37.3 Å². The third-order valence-electron chi connectivity index (χ3n) is 2.37. The Kier molecular flexibility index (Phi) is 3.59. The molecule has 0 aliphatic rings. The average molecular weight is 291 g/mol. The average Bonchev–Trinajstić information content (AvgIpc) is 2.34. The third-order valence-corrected chi connectivity index (χ3v) is 3.42. The predicted octanol–water partition coefficient (Wildman–Crippen LogP) is 3.98. The van der Waals surface area contributed by atoms with E-state index in [0.29, 0.717) is 11.3 Å². The predicted molar refractivity (Wildman–Crippen MR) is 70.3 cm³/mol. The number of benzene rings is 2. The van der Waals surface area contributed by atoms with Gasteiger partial charge in [0.05, 0.1) is 5.56 Å². The fourth-order valence-electron chi connectivity index (χ4n) is 1.46. The fourth-order valence-corrected chi connectivity index (χ4v) is 1.88. The summed E-state index contributed by atoms with van der Waals surface area (Å²) in [5.74, 6) is 0.192. The minimum atomic E-state index is -0.355. The van der Waals surface area contributed by atoms with Crippen molar-refractivity contribution in [3.05, 3.63) is 64.1 Å². The maximum atomic E-state index is 11.9. The van der Waals surface area contributed by atoms with Gasteiger partial charge in [-0.2, -0.15) is 0 Å². The van der Waals surface area contributed by atoms with Gasteiger partial charge in [-0.1, -0.05) is 30.3 Å². The number of aryl methyl sites for hydroxylation is 1. The van der Waals surface area contributed by atoms with Gasteiger partial charge in [0.25, 0.3) is 0 Å². The first-order valence-corrected chi connectivity index (χ1v) is 6.00. The van der Waals surface area contributed by atoms with Crippen LogP contribution in [0.5, 0.6) is 5.75 Å². The van der Waals surface area contributed by atoms with Crippen molar-refractivity contribution in [1.82, 2.24) is 0 Å². The zero-order valence-electron chi connectivity index (χ0n) is 9.31. The molecule has 0 spiro atoms. The summed E-state index contributed by atoms with van der Waals surface area (Å²) in [4.78, 5) is 11.9. The second-order valence-electron chi connectivity index (χ2n) is 3.64. The third kappa shape index (κ3) is 2.74. The van der Waals surface area contributed by atoms with Crippen LogP contribution in [-0.2, 0) is 0 Å². The zero-order valence-corrected chi connectivity index (χ0v) is 10.9. The number of para-hydroxylation sites is 1. The Labute approximate surface area is 108 Å². The minimum Gasteiger partial charge on any atom is -0.423 e. The van der Waals surface area contributed by atoms with Crippen molar-refractivity contribution in [3.8, 4) is 5.75 Å². The highest BCUT2D eigenvalue weighted by Gasteiger charge is 2.13. The Morgan fingerprint density at radius 1 is 1.06 bits per heavy atom. The number of ether oxygens (including phenoxy) is 1. The molecule has 0 bridgehead atoms. The quantitative estimate of drug-likeness (QED) is 0.618. The SMILES string of the molecule is Cc1cccc(C(=O)Oc2ccccc2)c1Br. The first-order valence-electron chi connectivity index (χ1n) is 5.21. The van der Waals surface area contributed by atoms with Crippen LogP contribution in [-0.4, -0.2) is 5.97 Å². The van der Waals surface area contributed by atoms with E-state index in [9.17, 15) is 4.79 Å². The van der Waals surface area contributed by atoms with Crippen LogP contribution in [0.4, 0.5) is 0 Å². The molecule has 0 amide bonds. The van der Waals surface area contributed by atoms with Gasteiger partial charge in [0.2, 0.25) is 0 Å². The highest BCUT2D eigenvalue weighted by atomic mass is 79.9. The molecule has 3 heteroatoms. The van der Waals surface area contributed by atoms with Crippen LogP contribution < -0.4 is 4.74 Å². The molecule has 0 aromatic heterocycles. The summed E-state index contributed by atoms with van der Waals surface area (Å²) in [5.41, 5.74) is 1.54. The fraction of sp³-hybridized carbons (Fsp3) is 0.0714. The molecule has 2 aromatic rings. The lowest BCUT2D eigenvalue weighted by atomic mass is 10.1. The molecule has 17 heavy (non-hydrogen) atoms. The van der Waals surface area contributed by atoms with E-state index in [1.54, 1.807) is 18.2 Å². The van der Waals surface area contributed by atoms with Gasteiger partial charge in [0.1, 0.15) is 5.75 Å². The summed E-state index contributed by atoms with van der Waals surface area (Å²) < 4.78 is 6.05. The number of hydrogen-bond donors (Lipinski definition) is 0. The first kappa shape index (κ1) is 11.9. The highest BCUT2D eigenvalue weighted by Crippen LogP contribution is 2.22. The van der Waals surface area contributed by atoms with Crippen LogP contribution in [0.25, 0.3) is 0 Å². The summed E-state index contributed by atoms with van der Waals surface area (Å²) in [6, 6.07) is 14.5. The van der Waals surface area contributed by atoms with E-state index >= 15 is 0 Å². The number of carbonyl (C=O) groups is 1. The van der Waals surface area contributed by atoms with Crippen molar-refractivity contribution in [2.45, 2.75) is 6.92 Å². The maximum Gasteiger partial charge on any atom is 0.344 e. The van der Waals surface area contributed by atoms with Crippen molar-refractivity contribution in [2.24, 2.45) is 0 Å². The van der Waals surface area contributed by atoms with Crippen LogP contribution in [0.3, 0.4) is 0 Å². The molecule has 0 heterocycles. The van der Waals surface area contributed by atoms with Crippen molar-refractivity contribution >= 4 is 21.9 Å². The van der Waals surface area contributed by atoms with E-state index in [1.165, 1.54) is 0 Å². The Morgan fingerprint density at radius 2 is 1.76 bits per heavy atom. The molecule has 0 unspecified atom stereocenters. The lowest BCUT2D eigenvalue weighted by Gasteiger charge is -2.07. The van der Waals surface area contributed by atoms with Crippen LogP contribution in [0, 0.1) is 6.92 Å². The minimum absolute atomic E-state index is 0.355. The van der Waals surface area contributed by atoms with Gasteiger partial charge in [-0.05, 0) is 46.6 Å². The van der Waals surface area contributed by atoms with Crippen LogP contribution >= 0.6 is 15.9 Å². The van der Waals surface area contributed by atoms with Gasteiger partial charge in [-0.25, -0.2) is 4.79 Å². The first-order chi connectivity index (χ1) is 8.18. The number of hydrogen-bond acceptors (Lipinski definition) is 2. The van der Waals surface area contributed by atoms with Crippen LogP contribution in [0.15, 0.2) is 53.0 Å². The van der Waals surface area contributed by atoms with Crippen molar-refractivity contribution < 1.29 is 9.53 Å². The monoisotopic (exact) mass is 290 g/mol. The topological polar surface area (TPSA) is 26.3 Å². The van der Waals surface area contributed by atoms with Gasteiger partial charge in [-0.15, -0.1) is 0 Å². The number of esters is 1. The molecule has 0 fully saturated rings. The van der Waals surface area contributed by atoms with Crippen molar-refractivity contribution in [2.75, 3.05) is 0 Å². The van der Waals surface area contributed by atoms with Gasteiger partial charge in [0, 0.05) is 4.47 Å². The molecule has 0 aliphatic heterocycles. The smallest absolute Gasteiger partial charge is 0.344 e. The number of rotatable bonds is 2. The summed E-state index contributed by atoms with van der Waals surface area (Å²) in [5, 5.41) is 0. The van der Waals surface area contributed by atoms with E-state index in [4.69, 9.17) is 4.74 Å². The molecule has 0 saturated heterocycles. The Balaban J connectivity index is 2.24. The molecule has 0 N–H and O–H groups in total. The summed E-state index contributed by atoms with van der Waals surface area (Å²) in [6.45, 7) is 1.93. The molecular formula is C14H11BrO2. The van der Waals surface area contributed by atoms with Gasteiger partial charge >= 0.3 is 5.97 Å². The Bertz CT molecular complexity index is 535. The van der Waals surface area contributed by atoms with Crippen LogP contribution in [0.1, 0.15) is 15.9 Å². The molecule has 2 rings (SSSR count).